The van der Waals surface area contributed by atoms with Crippen LogP contribution in [0.1, 0.15) is 46.5 Å². The van der Waals surface area contributed by atoms with Crippen LogP contribution in [-0.2, 0) is 0 Å². The van der Waals surface area contributed by atoms with E-state index in [0.717, 1.165) is 24.8 Å². The van der Waals surface area contributed by atoms with Crippen molar-refractivity contribution in [1.82, 2.24) is 10.2 Å². The van der Waals surface area contributed by atoms with Crippen molar-refractivity contribution in [2.45, 2.75) is 52.5 Å². The maximum atomic E-state index is 9.05. The van der Waals surface area contributed by atoms with Crippen LogP contribution >= 0.6 is 0 Å². The molecule has 2 N–H and O–H groups in total. The fraction of sp³-hybridized carbons (Fsp3) is 1.00. The Hall–Kier alpha value is -0.120. The third kappa shape index (κ3) is 3.71. The van der Waals surface area contributed by atoms with Gasteiger partial charge in [0.2, 0.25) is 0 Å². The summed E-state index contributed by atoms with van der Waals surface area (Å²) < 4.78 is 0. The molecule has 0 aromatic heterocycles. The van der Waals surface area contributed by atoms with Gasteiger partial charge in [-0.25, -0.2) is 0 Å². The summed E-state index contributed by atoms with van der Waals surface area (Å²) in [6.07, 6.45) is 4.99. The first-order valence-corrected chi connectivity index (χ1v) is 8.13. The minimum absolute atomic E-state index is 0.356. The Balaban J connectivity index is 1.85. The van der Waals surface area contributed by atoms with Crippen LogP contribution in [0.4, 0.5) is 0 Å². The third-order valence-electron chi connectivity index (χ3n) is 5.30. The molecular formula is C16H32N2O. The summed E-state index contributed by atoms with van der Waals surface area (Å²) in [4.78, 5) is 2.64. The predicted octanol–water partition coefficient (Wildman–Crippen LogP) is 2.10. The van der Waals surface area contributed by atoms with E-state index in [2.05, 4.69) is 31.0 Å². The number of hydrogen-bond donors (Lipinski definition) is 2. The quantitative estimate of drug-likeness (QED) is 0.774. The Morgan fingerprint density at radius 1 is 1.32 bits per heavy atom. The molecule has 0 aromatic carbocycles. The van der Waals surface area contributed by atoms with Gasteiger partial charge in [0.15, 0.2) is 0 Å². The van der Waals surface area contributed by atoms with Gasteiger partial charge >= 0.3 is 0 Å². The predicted molar refractivity (Wildman–Crippen MR) is 80.2 cm³/mol. The number of rotatable bonds is 6. The topological polar surface area (TPSA) is 35.5 Å². The highest BCUT2D eigenvalue weighted by Crippen LogP contribution is 2.42. The van der Waals surface area contributed by atoms with Gasteiger partial charge in [0.25, 0.3) is 0 Å². The molecule has 0 bridgehead atoms. The van der Waals surface area contributed by atoms with E-state index in [1.54, 1.807) is 0 Å². The number of nitrogens with one attached hydrogen (secondary N) is 1. The van der Waals surface area contributed by atoms with E-state index < -0.39 is 0 Å². The van der Waals surface area contributed by atoms with Gasteiger partial charge in [-0.2, -0.15) is 0 Å². The summed E-state index contributed by atoms with van der Waals surface area (Å²) in [6, 6.07) is 0.675. The van der Waals surface area contributed by atoms with Crippen LogP contribution in [0.3, 0.4) is 0 Å². The Bertz CT molecular complexity index is 280. The van der Waals surface area contributed by atoms with Gasteiger partial charge in [-0.3, -0.25) is 0 Å². The summed E-state index contributed by atoms with van der Waals surface area (Å²) in [5.74, 6) is 1.54. The second-order valence-corrected chi connectivity index (χ2v) is 7.25. The fourth-order valence-electron chi connectivity index (χ4n) is 4.21. The van der Waals surface area contributed by atoms with Gasteiger partial charge in [0, 0.05) is 25.7 Å². The molecule has 112 valence electrons. The first-order chi connectivity index (χ1) is 9.06. The second kappa shape index (κ2) is 6.55. The van der Waals surface area contributed by atoms with Crippen LogP contribution in [0, 0.1) is 17.3 Å². The monoisotopic (exact) mass is 268 g/mol. The molecule has 2 aliphatic rings. The molecule has 2 rings (SSSR count). The molecule has 0 amide bonds. The van der Waals surface area contributed by atoms with Crippen molar-refractivity contribution in [3.05, 3.63) is 0 Å². The molecule has 2 fully saturated rings. The lowest BCUT2D eigenvalue weighted by Gasteiger charge is -2.33. The van der Waals surface area contributed by atoms with E-state index in [4.69, 9.17) is 5.11 Å². The van der Waals surface area contributed by atoms with Gasteiger partial charge in [0.1, 0.15) is 0 Å². The standard InChI is InChI=1S/C16H32N2O/c1-4-17-15-14(5-8-16(15,2)3)12-18-9-6-13(11-18)7-10-19/h13-15,17,19H,4-12H2,1-3H3. The van der Waals surface area contributed by atoms with E-state index >= 15 is 0 Å². The molecule has 1 aliphatic carbocycles. The van der Waals surface area contributed by atoms with Gasteiger partial charge < -0.3 is 15.3 Å². The highest BCUT2D eigenvalue weighted by Gasteiger charge is 2.42. The van der Waals surface area contributed by atoms with E-state index in [-0.39, 0.29) is 0 Å². The number of likely N-dealkylation sites (tertiary alicyclic amines) is 1. The molecule has 3 heteroatoms. The smallest absolute Gasteiger partial charge is 0.0434 e. The summed E-state index contributed by atoms with van der Waals surface area (Å²) >= 11 is 0. The molecule has 0 radical (unpaired) electrons. The summed E-state index contributed by atoms with van der Waals surface area (Å²) in [5.41, 5.74) is 0.449. The molecule has 3 atom stereocenters. The molecule has 1 aliphatic heterocycles. The molecule has 0 aromatic rings. The number of hydrogen-bond acceptors (Lipinski definition) is 3. The Kier molecular flexibility index (Phi) is 5.27. The first kappa shape index (κ1) is 15.3. The lowest BCUT2D eigenvalue weighted by molar-refractivity contribution is 0.198. The molecule has 1 heterocycles. The van der Waals surface area contributed by atoms with Crippen molar-refractivity contribution in [3.8, 4) is 0 Å². The number of nitrogens with zero attached hydrogens (tertiary/aromatic N) is 1. The Morgan fingerprint density at radius 3 is 2.79 bits per heavy atom. The minimum atomic E-state index is 0.356. The van der Waals surface area contributed by atoms with Gasteiger partial charge in [-0.15, -0.1) is 0 Å². The third-order valence-corrected chi connectivity index (χ3v) is 5.30. The van der Waals surface area contributed by atoms with Crippen LogP contribution in [0.15, 0.2) is 0 Å². The maximum absolute atomic E-state index is 9.05. The van der Waals surface area contributed by atoms with Crippen LogP contribution in [0.2, 0.25) is 0 Å². The second-order valence-electron chi connectivity index (χ2n) is 7.25. The van der Waals surface area contributed by atoms with Crippen molar-refractivity contribution < 1.29 is 5.11 Å². The summed E-state index contributed by atoms with van der Waals surface area (Å²) in [6.45, 7) is 12.2. The van der Waals surface area contributed by atoms with Crippen molar-refractivity contribution >= 4 is 0 Å². The highest BCUT2D eigenvalue weighted by molar-refractivity contribution is 4.97. The van der Waals surface area contributed by atoms with E-state index in [1.165, 1.54) is 38.9 Å². The number of aliphatic hydroxyl groups excluding tert-OH is 1. The largest absolute Gasteiger partial charge is 0.396 e. The van der Waals surface area contributed by atoms with Crippen molar-refractivity contribution in [2.24, 2.45) is 17.3 Å². The van der Waals surface area contributed by atoms with Crippen molar-refractivity contribution in [2.75, 3.05) is 32.8 Å². The van der Waals surface area contributed by atoms with Gasteiger partial charge in [-0.1, -0.05) is 20.8 Å². The molecular weight excluding hydrogens is 236 g/mol. The zero-order valence-corrected chi connectivity index (χ0v) is 13.0. The molecule has 19 heavy (non-hydrogen) atoms. The molecule has 1 saturated heterocycles. The first-order valence-electron chi connectivity index (χ1n) is 8.13. The SMILES string of the molecule is CCNC1C(CN2CCC(CCO)C2)CCC1(C)C. The Morgan fingerprint density at radius 2 is 2.11 bits per heavy atom. The van der Waals surface area contributed by atoms with Crippen molar-refractivity contribution in [3.63, 3.8) is 0 Å². The Labute approximate surface area is 118 Å². The lowest BCUT2D eigenvalue weighted by Crippen LogP contribution is -2.45. The highest BCUT2D eigenvalue weighted by atomic mass is 16.3. The van der Waals surface area contributed by atoms with Crippen molar-refractivity contribution in [1.29, 1.82) is 0 Å². The molecule has 1 saturated carbocycles. The van der Waals surface area contributed by atoms with Gasteiger partial charge in [-0.05, 0) is 56.0 Å². The van der Waals surface area contributed by atoms with E-state index in [0.29, 0.717) is 18.1 Å². The zero-order valence-electron chi connectivity index (χ0n) is 13.0. The summed E-state index contributed by atoms with van der Waals surface area (Å²) in [7, 11) is 0. The maximum Gasteiger partial charge on any atom is 0.0434 e. The molecule has 3 nitrogen and oxygen atoms in total. The zero-order chi connectivity index (χ0) is 13.9. The van der Waals surface area contributed by atoms with Crippen LogP contribution in [0.25, 0.3) is 0 Å². The average Bonchev–Trinajstić information content (AvgIpc) is 2.89. The van der Waals surface area contributed by atoms with Crippen LogP contribution < -0.4 is 5.32 Å². The van der Waals surface area contributed by atoms with Crippen LogP contribution in [-0.4, -0.2) is 48.8 Å². The normalized spacial score (nSPS) is 35.1. The molecule has 0 spiro atoms. The minimum Gasteiger partial charge on any atom is -0.396 e. The fourth-order valence-corrected chi connectivity index (χ4v) is 4.21. The average molecular weight is 268 g/mol. The lowest BCUT2D eigenvalue weighted by atomic mass is 9.84. The van der Waals surface area contributed by atoms with Crippen LogP contribution in [0.5, 0.6) is 0 Å². The van der Waals surface area contributed by atoms with Gasteiger partial charge in [0.05, 0.1) is 0 Å². The molecule has 3 unspecified atom stereocenters. The summed E-state index contributed by atoms with van der Waals surface area (Å²) in [5, 5.41) is 12.8. The number of aliphatic hydroxyl groups is 1. The van der Waals surface area contributed by atoms with E-state index in [1.807, 2.05) is 0 Å². The van der Waals surface area contributed by atoms with E-state index in [9.17, 15) is 0 Å².